The van der Waals surface area contributed by atoms with Gasteiger partial charge in [0.25, 0.3) is 0 Å². The molecular formula is C13H19BrN2. The summed E-state index contributed by atoms with van der Waals surface area (Å²) in [4.78, 5) is 6.95. The van der Waals surface area contributed by atoms with Crippen molar-refractivity contribution in [2.75, 3.05) is 23.3 Å². The average molecular weight is 283 g/mol. The van der Waals surface area contributed by atoms with E-state index in [1.54, 1.807) is 0 Å². The lowest BCUT2D eigenvalue weighted by atomic mass is 9.88. The van der Waals surface area contributed by atoms with Crippen molar-refractivity contribution in [2.24, 2.45) is 0 Å². The van der Waals surface area contributed by atoms with Gasteiger partial charge in [0.2, 0.25) is 0 Å². The molecule has 0 N–H and O–H groups in total. The zero-order chi connectivity index (χ0) is 11.6. The highest BCUT2D eigenvalue weighted by Crippen LogP contribution is 2.26. The fourth-order valence-corrected chi connectivity index (χ4v) is 2.32. The van der Waals surface area contributed by atoms with Crippen molar-refractivity contribution in [1.82, 2.24) is 4.98 Å². The lowest BCUT2D eigenvalue weighted by molar-refractivity contribution is 0.603. The van der Waals surface area contributed by atoms with E-state index in [2.05, 4.69) is 51.8 Å². The van der Waals surface area contributed by atoms with Crippen molar-refractivity contribution in [3.05, 3.63) is 23.9 Å². The second-order valence-electron chi connectivity index (χ2n) is 5.12. The zero-order valence-corrected chi connectivity index (χ0v) is 11.6. The molecule has 0 spiro atoms. The largest absolute Gasteiger partial charge is 0.357 e. The predicted octanol–water partition coefficient (Wildman–Crippen LogP) is 3.35. The van der Waals surface area contributed by atoms with Gasteiger partial charge in [-0.15, -0.1) is 0 Å². The predicted molar refractivity (Wildman–Crippen MR) is 72.5 cm³/mol. The highest BCUT2D eigenvalue weighted by Gasteiger charge is 2.20. The Morgan fingerprint density at radius 3 is 2.50 bits per heavy atom. The first-order valence-corrected chi connectivity index (χ1v) is 7.03. The average Bonchev–Trinajstić information content (AvgIpc) is 2.83. The molecule has 0 amide bonds. The molecule has 1 aromatic rings. The molecule has 16 heavy (non-hydrogen) atoms. The van der Waals surface area contributed by atoms with Gasteiger partial charge < -0.3 is 4.90 Å². The van der Waals surface area contributed by atoms with Crippen LogP contribution in [0.1, 0.15) is 32.3 Å². The first-order valence-electron chi connectivity index (χ1n) is 5.91. The molecule has 0 aromatic carbocycles. The van der Waals surface area contributed by atoms with Crippen LogP contribution in [0.2, 0.25) is 0 Å². The topological polar surface area (TPSA) is 16.1 Å². The summed E-state index contributed by atoms with van der Waals surface area (Å²) < 4.78 is 0. The molecule has 0 atom stereocenters. The minimum Gasteiger partial charge on any atom is -0.357 e. The molecule has 3 heteroatoms. The molecule has 1 fully saturated rings. The van der Waals surface area contributed by atoms with Crippen molar-refractivity contribution in [1.29, 1.82) is 0 Å². The molecule has 2 heterocycles. The monoisotopic (exact) mass is 282 g/mol. The van der Waals surface area contributed by atoms with E-state index >= 15 is 0 Å². The fourth-order valence-electron chi connectivity index (χ4n) is 2.00. The minimum absolute atomic E-state index is 0.163. The number of anilines is 1. The highest BCUT2D eigenvalue weighted by molar-refractivity contribution is 9.09. The summed E-state index contributed by atoms with van der Waals surface area (Å²) in [5.41, 5.74) is 1.46. The van der Waals surface area contributed by atoms with Crippen LogP contribution < -0.4 is 4.90 Å². The van der Waals surface area contributed by atoms with Gasteiger partial charge in [0, 0.05) is 30.0 Å². The van der Waals surface area contributed by atoms with Gasteiger partial charge in [-0.05, 0) is 24.5 Å². The maximum Gasteiger partial charge on any atom is 0.128 e. The van der Waals surface area contributed by atoms with Gasteiger partial charge in [-0.2, -0.15) is 0 Å². The molecule has 0 bridgehead atoms. The van der Waals surface area contributed by atoms with Gasteiger partial charge in [-0.3, -0.25) is 0 Å². The van der Waals surface area contributed by atoms with Crippen LogP contribution in [-0.4, -0.2) is 23.4 Å². The number of halogens is 1. The fraction of sp³-hybridized carbons (Fsp3) is 0.615. The van der Waals surface area contributed by atoms with Crippen LogP contribution in [0.25, 0.3) is 0 Å². The van der Waals surface area contributed by atoms with Crippen molar-refractivity contribution in [2.45, 2.75) is 32.1 Å². The SMILES string of the molecule is CC(C)(CBr)c1ccc(N2CCCC2)nc1. The molecule has 0 unspecified atom stereocenters. The molecular weight excluding hydrogens is 264 g/mol. The second-order valence-corrected chi connectivity index (χ2v) is 5.68. The number of alkyl halides is 1. The van der Waals surface area contributed by atoms with Gasteiger partial charge in [0.1, 0.15) is 5.82 Å². The van der Waals surface area contributed by atoms with Crippen molar-refractivity contribution in [3.63, 3.8) is 0 Å². The van der Waals surface area contributed by atoms with E-state index in [1.165, 1.54) is 18.4 Å². The summed E-state index contributed by atoms with van der Waals surface area (Å²) in [5.74, 6) is 1.13. The molecule has 2 nitrogen and oxygen atoms in total. The van der Waals surface area contributed by atoms with Gasteiger partial charge in [-0.25, -0.2) is 4.98 Å². The quantitative estimate of drug-likeness (QED) is 0.791. The lowest BCUT2D eigenvalue weighted by Gasteiger charge is -2.23. The summed E-state index contributed by atoms with van der Waals surface area (Å²) in [6.45, 7) is 6.78. The number of hydrogen-bond acceptors (Lipinski definition) is 2. The van der Waals surface area contributed by atoms with E-state index in [1.807, 2.05) is 6.20 Å². The van der Waals surface area contributed by atoms with Gasteiger partial charge >= 0.3 is 0 Å². The molecule has 88 valence electrons. The molecule has 1 aromatic heterocycles. The summed E-state index contributed by atoms with van der Waals surface area (Å²) in [6, 6.07) is 4.37. The van der Waals surface area contributed by atoms with E-state index in [4.69, 9.17) is 0 Å². The van der Waals surface area contributed by atoms with Crippen LogP contribution in [0.5, 0.6) is 0 Å². The molecule has 0 radical (unpaired) electrons. The van der Waals surface area contributed by atoms with E-state index in [0.29, 0.717) is 0 Å². The van der Waals surface area contributed by atoms with Crippen LogP contribution in [0.3, 0.4) is 0 Å². The highest BCUT2D eigenvalue weighted by atomic mass is 79.9. The Bertz CT molecular complexity index is 339. The van der Waals surface area contributed by atoms with Gasteiger partial charge in [0.15, 0.2) is 0 Å². The summed E-state index contributed by atoms with van der Waals surface area (Å²) in [7, 11) is 0. The Hall–Kier alpha value is -0.570. The molecule has 0 saturated carbocycles. The van der Waals surface area contributed by atoms with Gasteiger partial charge in [-0.1, -0.05) is 35.8 Å². The van der Waals surface area contributed by atoms with E-state index in [-0.39, 0.29) is 5.41 Å². The third kappa shape index (κ3) is 2.40. The molecule has 1 aliphatic rings. The van der Waals surface area contributed by atoms with Crippen LogP contribution in [-0.2, 0) is 5.41 Å². The maximum absolute atomic E-state index is 4.58. The van der Waals surface area contributed by atoms with Crippen molar-refractivity contribution in [3.8, 4) is 0 Å². The maximum atomic E-state index is 4.58. The standard InChI is InChI=1S/C13H19BrN2/c1-13(2,10-14)11-5-6-12(15-9-11)16-7-3-4-8-16/h5-6,9H,3-4,7-8,10H2,1-2H3. The molecule has 2 rings (SSSR count). The summed E-state index contributed by atoms with van der Waals surface area (Å²) >= 11 is 3.55. The number of pyridine rings is 1. The lowest BCUT2D eigenvalue weighted by Crippen LogP contribution is -2.21. The second kappa shape index (κ2) is 4.74. The first kappa shape index (κ1) is 11.9. The third-order valence-corrected chi connectivity index (χ3v) is 4.70. The number of aromatic nitrogens is 1. The van der Waals surface area contributed by atoms with Crippen molar-refractivity contribution < 1.29 is 0 Å². The Morgan fingerprint density at radius 2 is 2.00 bits per heavy atom. The van der Waals surface area contributed by atoms with Crippen LogP contribution in [0, 0.1) is 0 Å². The first-order chi connectivity index (χ1) is 7.63. The van der Waals surface area contributed by atoms with Crippen LogP contribution in [0.15, 0.2) is 18.3 Å². The summed E-state index contributed by atoms with van der Waals surface area (Å²) in [5, 5.41) is 0.963. The number of nitrogens with zero attached hydrogens (tertiary/aromatic N) is 2. The Morgan fingerprint density at radius 1 is 1.31 bits per heavy atom. The summed E-state index contributed by atoms with van der Waals surface area (Å²) in [6.07, 6.45) is 4.63. The normalized spacial score (nSPS) is 16.8. The molecule has 1 aliphatic heterocycles. The molecule has 1 saturated heterocycles. The Kier molecular flexibility index (Phi) is 3.53. The van der Waals surface area contributed by atoms with Crippen LogP contribution >= 0.6 is 15.9 Å². The smallest absolute Gasteiger partial charge is 0.128 e. The van der Waals surface area contributed by atoms with E-state index in [9.17, 15) is 0 Å². The Balaban J connectivity index is 2.15. The molecule has 0 aliphatic carbocycles. The van der Waals surface area contributed by atoms with Gasteiger partial charge in [0.05, 0.1) is 0 Å². The van der Waals surface area contributed by atoms with Crippen molar-refractivity contribution >= 4 is 21.7 Å². The third-order valence-electron chi connectivity index (χ3n) is 3.29. The Labute approximate surface area is 106 Å². The van der Waals surface area contributed by atoms with Crippen LogP contribution in [0.4, 0.5) is 5.82 Å². The minimum atomic E-state index is 0.163. The number of rotatable bonds is 3. The zero-order valence-electron chi connectivity index (χ0n) is 10.0. The number of hydrogen-bond donors (Lipinski definition) is 0. The van der Waals surface area contributed by atoms with E-state index in [0.717, 1.165) is 24.2 Å². The van der Waals surface area contributed by atoms with E-state index < -0.39 is 0 Å².